The van der Waals surface area contributed by atoms with E-state index in [1.807, 2.05) is 18.2 Å². The van der Waals surface area contributed by atoms with E-state index in [9.17, 15) is 8.42 Å². The molecule has 0 aliphatic carbocycles. The van der Waals surface area contributed by atoms with Crippen LogP contribution in [0.15, 0.2) is 24.3 Å². The topological polar surface area (TPSA) is 82.4 Å². The molecule has 0 aliphatic heterocycles. The first-order valence-electron chi connectivity index (χ1n) is 5.71. The first kappa shape index (κ1) is 15.4. The van der Waals surface area contributed by atoms with E-state index in [0.29, 0.717) is 5.75 Å². The van der Waals surface area contributed by atoms with Gasteiger partial charge in [0.1, 0.15) is 5.75 Å². The zero-order valence-electron chi connectivity index (χ0n) is 11.0. The molecule has 0 aromatic heterocycles. The molecule has 1 aromatic carbocycles. The SMILES string of the molecule is COc1ccccc1CNS(=O)(=O)N(C)CCC#N. The molecule has 0 heterocycles. The molecule has 1 aromatic rings. The fourth-order valence-corrected chi connectivity index (χ4v) is 2.35. The number of rotatable bonds is 7. The lowest BCUT2D eigenvalue weighted by molar-refractivity contribution is 0.408. The number of nitrogens with one attached hydrogen (secondary N) is 1. The van der Waals surface area contributed by atoms with Gasteiger partial charge in [0.2, 0.25) is 0 Å². The highest BCUT2D eigenvalue weighted by atomic mass is 32.2. The quantitative estimate of drug-likeness (QED) is 0.805. The van der Waals surface area contributed by atoms with Gasteiger partial charge in [0.15, 0.2) is 0 Å². The minimum atomic E-state index is -3.58. The molecule has 19 heavy (non-hydrogen) atoms. The van der Waals surface area contributed by atoms with Gasteiger partial charge >= 0.3 is 0 Å². The van der Waals surface area contributed by atoms with Gasteiger partial charge in [-0.1, -0.05) is 18.2 Å². The van der Waals surface area contributed by atoms with Gasteiger partial charge in [-0.15, -0.1) is 0 Å². The van der Waals surface area contributed by atoms with E-state index in [1.165, 1.54) is 14.2 Å². The summed E-state index contributed by atoms with van der Waals surface area (Å²) in [5, 5.41) is 8.45. The summed E-state index contributed by atoms with van der Waals surface area (Å²) < 4.78 is 32.5. The molecule has 0 radical (unpaired) electrons. The molecule has 1 N–H and O–H groups in total. The van der Waals surface area contributed by atoms with Crippen LogP contribution < -0.4 is 9.46 Å². The van der Waals surface area contributed by atoms with Crippen LogP contribution >= 0.6 is 0 Å². The molecule has 104 valence electrons. The highest BCUT2D eigenvalue weighted by molar-refractivity contribution is 7.87. The van der Waals surface area contributed by atoms with Gasteiger partial charge < -0.3 is 4.74 Å². The molecule has 0 spiro atoms. The minimum Gasteiger partial charge on any atom is -0.496 e. The summed E-state index contributed by atoms with van der Waals surface area (Å²) >= 11 is 0. The highest BCUT2D eigenvalue weighted by Gasteiger charge is 2.17. The summed E-state index contributed by atoms with van der Waals surface area (Å²) in [6, 6.07) is 9.09. The number of hydrogen-bond acceptors (Lipinski definition) is 4. The fraction of sp³-hybridized carbons (Fsp3) is 0.417. The molecule has 0 saturated heterocycles. The Morgan fingerprint density at radius 2 is 2.11 bits per heavy atom. The van der Waals surface area contributed by atoms with Crippen molar-refractivity contribution in [2.75, 3.05) is 20.7 Å². The van der Waals surface area contributed by atoms with Crippen LogP contribution in [-0.4, -0.2) is 33.4 Å². The third-order valence-corrected chi connectivity index (χ3v) is 4.10. The van der Waals surface area contributed by atoms with Crippen LogP contribution in [0.2, 0.25) is 0 Å². The summed E-state index contributed by atoms with van der Waals surface area (Å²) in [4.78, 5) is 0. The molecule has 0 amide bonds. The predicted molar refractivity (Wildman–Crippen MR) is 71.6 cm³/mol. The average Bonchev–Trinajstić information content (AvgIpc) is 2.42. The maximum atomic E-state index is 11.9. The number of ether oxygens (including phenoxy) is 1. The van der Waals surface area contributed by atoms with Gasteiger partial charge in [0.25, 0.3) is 10.2 Å². The predicted octanol–water partition coefficient (Wildman–Crippen LogP) is 0.875. The van der Waals surface area contributed by atoms with Crippen molar-refractivity contribution < 1.29 is 13.2 Å². The zero-order chi connectivity index (χ0) is 14.3. The van der Waals surface area contributed by atoms with E-state index < -0.39 is 10.2 Å². The minimum absolute atomic E-state index is 0.142. The third-order valence-electron chi connectivity index (χ3n) is 2.59. The Kier molecular flexibility index (Phi) is 5.76. The normalized spacial score (nSPS) is 11.3. The van der Waals surface area contributed by atoms with E-state index in [0.717, 1.165) is 9.87 Å². The molecule has 0 aliphatic rings. The van der Waals surface area contributed by atoms with Crippen LogP contribution in [0, 0.1) is 11.3 Å². The summed E-state index contributed by atoms with van der Waals surface area (Å²) in [7, 11) is -0.612. The molecule has 6 nitrogen and oxygen atoms in total. The van der Waals surface area contributed by atoms with Crippen LogP contribution in [0.4, 0.5) is 0 Å². The number of methoxy groups -OCH3 is 1. The zero-order valence-corrected chi connectivity index (χ0v) is 11.8. The van der Waals surface area contributed by atoms with Gasteiger partial charge in [-0.05, 0) is 6.07 Å². The molecule has 1 rings (SSSR count). The lowest BCUT2D eigenvalue weighted by atomic mass is 10.2. The van der Waals surface area contributed by atoms with Crippen molar-refractivity contribution in [3.63, 3.8) is 0 Å². The van der Waals surface area contributed by atoms with Crippen molar-refractivity contribution in [3.8, 4) is 11.8 Å². The average molecular weight is 283 g/mol. The summed E-state index contributed by atoms with van der Waals surface area (Å²) in [6.45, 7) is 0.307. The van der Waals surface area contributed by atoms with Crippen molar-refractivity contribution in [1.82, 2.24) is 9.03 Å². The van der Waals surface area contributed by atoms with E-state index in [4.69, 9.17) is 10.00 Å². The van der Waals surface area contributed by atoms with Crippen molar-refractivity contribution in [2.45, 2.75) is 13.0 Å². The molecule has 0 saturated carbocycles. The third kappa shape index (κ3) is 4.52. The maximum Gasteiger partial charge on any atom is 0.279 e. The van der Waals surface area contributed by atoms with Crippen LogP contribution in [0.3, 0.4) is 0 Å². The number of nitrogens with zero attached hydrogens (tertiary/aromatic N) is 2. The summed E-state index contributed by atoms with van der Waals surface area (Å²) in [6.07, 6.45) is 0.159. The fourth-order valence-electron chi connectivity index (χ4n) is 1.46. The molecule has 0 unspecified atom stereocenters. The lowest BCUT2D eigenvalue weighted by Gasteiger charge is -2.17. The van der Waals surface area contributed by atoms with Crippen LogP contribution in [0.25, 0.3) is 0 Å². The Bertz CT molecular complexity index is 552. The maximum absolute atomic E-state index is 11.9. The lowest BCUT2D eigenvalue weighted by Crippen LogP contribution is -2.38. The summed E-state index contributed by atoms with van der Waals surface area (Å²) in [5.74, 6) is 0.630. The molecular weight excluding hydrogens is 266 g/mol. The second-order valence-electron chi connectivity index (χ2n) is 3.87. The molecule has 0 fully saturated rings. The molecule has 0 bridgehead atoms. The van der Waals surface area contributed by atoms with Crippen molar-refractivity contribution in [2.24, 2.45) is 0 Å². The smallest absolute Gasteiger partial charge is 0.279 e. The van der Waals surface area contributed by atoms with Gasteiger partial charge in [-0.3, -0.25) is 0 Å². The molecular formula is C12H17N3O3S. The van der Waals surface area contributed by atoms with Gasteiger partial charge in [0, 0.05) is 32.1 Å². The Morgan fingerprint density at radius 1 is 1.42 bits per heavy atom. The van der Waals surface area contributed by atoms with Crippen LogP contribution in [0.5, 0.6) is 5.75 Å². The summed E-state index contributed by atoms with van der Waals surface area (Å²) in [5.41, 5.74) is 0.752. The molecule has 0 atom stereocenters. The van der Waals surface area contributed by atoms with Crippen molar-refractivity contribution in [1.29, 1.82) is 5.26 Å². The largest absolute Gasteiger partial charge is 0.496 e. The van der Waals surface area contributed by atoms with E-state index >= 15 is 0 Å². The second-order valence-corrected chi connectivity index (χ2v) is 5.73. The Balaban J connectivity index is 2.67. The monoisotopic (exact) mass is 283 g/mol. The van der Waals surface area contributed by atoms with Crippen LogP contribution in [-0.2, 0) is 16.8 Å². The van der Waals surface area contributed by atoms with Crippen molar-refractivity contribution >= 4 is 10.2 Å². The standard InChI is InChI=1S/C12H17N3O3S/c1-15(9-5-8-13)19(16,17)14-10-11-6-3-4-7-12(11)18-2/h3-4,6-7,14H,5,9-10H2,1-2H3. The first-order chi connectivity index (χ1) is 9.01. The first-order valence-corrected chi connectivity index (χ1v) is 7.15. The Labute approximate surface area is 113 Å². The number of hydrogen-bond donors (Lipinski definition) is 1. The number of para-hydroxylation sites is 1. The molecule has 7 heteroatoms. The van der Waals surface area contributed by atoms with E-state index in [-0.39, 0.29) is 19.5 Å². The van der Waals surface area contributed by atoms with Crippen molar-refractivity contribution in [3.05, 3.63) is 29.8 Å². The van der Waals surface area contributed by atoms with E-state index in [2.05, 4.69) is 4.72 Å². The number of nitriles is 1. The highest BCUT2D eigenvalue weighted by Crippen LogP contribution is 2.17. The Hall–Kier alpha value is -1.62. The van der Waals surface area contributed by atoms with Crippen LogP contribution in [0.1, 0.15) is 12.0 Å². The van der Waals surface area contributed by atoms with Gasteiger partial charge in [-0.25, -0.2) is 0 Å². The van der Waals surface area contributed by atoms with Gasteiger partial charge in [-0.2, -0.15) is 22.7 Å². The number of benzene rings is 1. The van der Waals surface area contributed by atoms with E-state index in [1.54, 1.807) is 12.1 Å². The second kappa shape index (κ2) is 7.09. The van der Waals surface area contributed by atoms with Gasteiger partial charge in [0.05, 0.1) is 13.2 Å². The Morgan fingerprint density at radius 3 is 2.74 bits per heavy atom.